The molecule has 1 fully saturated rings. The summed E-state index contributed by atoms with van der Waals surface area (Å²) >= 11 is 0. The predicted molar refractivity (Wildman–Crippen MR) is 95.3 cm³/mol. The quantitative estimate of drug-likeness (QED) is 0.747. The van der Waals surface area contributed by atoms with E-state index < -0.39 is 0 Å². The summed E-state index contributed by atoms with van der Waals surface area (Å²) in [5, 5.41) is 7.26. The van der Waals surface area contributed by atoms with Crippen molar-refractivity contribution in [2.75, 3.05) is 19.6 Å². The summed E-state index contributed by atoms with van der Waals surface area (Å²) < 4.78 is 1.82. The molecule has 2 amide bonds. The van der Waals surface area contributed by atoms with E-state index in [0.717, 1.165) is 37.2 Å². The number of aromatic nitrogens is 2. The molecular formula is C19H24N4O2. The first-order valence-corrected chi connectivity index (χ1v) is 8.86. The number of para-hydroxylation sites is 1. The van der Waals surface area contributed by atoms with Crippen LogP contribution in [0.4, 0.5) is 0 Å². The molecule has 1 saturated heterocycles. The highest BCUT2D eigenvalue weighted by Crippen LogP contribution is 2.10. The van der Waals surface area contributed by atoms with E-state index >= 15 is 0 Å². The van der Waals surface area contributed by atoms with Crippen molar-refractivity contribution in [3.8, 4) is 5.69 Å². The molecule has 0 atom stereocenters. The van der Waals surface area contributed by atoms with Crippen LogP contribution >= 0.6 is 0 Å². The van der Waals surface area contributed by atoms with Gasteiger partial charge < -0.3 is 10.2 Å². The molecule has 0 bridgehead atoms. The van der Waals surface area contributed by atoms with Gasteiger partial charge in [-0.2, -0.15) is 5.10 Å². The van der Waals surface area contributed by atoms with E-state index in [0.29, 0.717) is 25.8 Å². The van der Waals surface area contributed by atoms with Crippen LogP contribution in [-0.4, -0.2) is 46.1 Å². The van der Waals surface area contributed by atoms with Gasteiger partial charge in [-0.15, -0.1) is 0 Å². The normalized spacial score (nSPS) is 14.1. The van der Waals surface area contributed by atoms with Gasteiger partial charge in [0.15, 0.2) is 0 Å². The summed E-state index contributed by atoms with van der Waals surface area (Å²) in [6.45, 7) is 2.22. The van der Waals surface area contributed by atoms with Crippen LogP contribution in [-0.2, 0) is 16.0 Å². The minimum atomic E-state index is 0.0419. The Balaban J connectivity index is 1.35. The number of carbonyl (C=O) groups excluding carboxylic acids is 2. The van der Waals surface area contributed by atoms with Crippen LogP contribution < -0.4 is 5.32 Å². The summed E-state index contributed by atoms with van der Waals surface area (Å²) in [5.74, 6) is 0.280. The molecule has 2 aromatic rings. The molecule has 0 unspecified atom stereocenters. The van der Waals surface area contributed by atoms with Crippen LogP contribution in [0.25, 0.3) is 5.69 Å². The van der Waals surface area contributed by atoms with Crippen molar-refractivity contribution < 1.29 is 9.59 Å². The van der Waals surface area contributed by atoms with Crippen LogP contribution in [0.15, 0.2) is 42.7 Å². The first-order valence-electron chi connectivity index (χ1n) is 8.86. The highest BCUT2D eigenvalue weighted by molar-refractivity contribution is 5.78. The van der Waals surface area contributed by atoms with Gasteiger partial charge >= 0.3 is 0 Å². The molecule has 1 aliphatic heterocycles. The summed E-state index contributed by atoms with van der Waals surface area (Å²) in [6.07, 6.45) is 7.32. The summed E-state index contributed by atoms with van der Waals surface area (Å²) in [7, 11) is 0. The topological polar surface area (TPSA) is 67.2 Å². The molecule has 0 radical (unpaired) electrons. The van der Waals surface area contributed by atoms with Gasteiger partial charge in [-0.3, -0.25) is 9.59 Å². The van der Waals surface area contributed by atoms with Gasteiger partial charge in [0, 0.05) is 38.7 Å². The Morgan fingerprint density at radius 3 is 2.84 bits per heavy atom. The third-order valence-electron chi connectivity index (χ3n) is 4.40. The molecule has 0 saturated carbocycles. The van der Waals surface area contributed by atoms with Crippen LogP contribution in [0.2, 0.25) is 0 Å². The van der Waals surface area contributed by atoms with Gasteiger partial charge in [0.2, 0.25) is 11.8 Å². The summed E-state index contributed by atoms with van der Waals surface area (Å²) in [6, 6.07) is 9.90. The molecule has 0 spiro atoms. The monoisotopic (exact) mass is 340 g/mol. The molecule has 132 valence electrons. The Labute approximate surface area is 147 Å². The Kier molecular flexibility index (Phi) is 5.82. The van der Waals surface area contributed by atoms with Crippen LogP contribution in [0, 0.1) is 0 Å². The second-order valence-electron chi connectivity index (χ2n) is 6.32. The zero-order valence-electron chi connectivity index (χ0n) is 14.4. The van der Waals surface area contributed by atoms with Gasteiger partial charge in [-0.1, -0.05) is 18.2 Å². The van der Waals surface area contributed by atoms with Crippen molar-refractivity contribution in [1.29, 1.82) is 0 Å². The van der Waals surface area contributed by atoms with E-state index in [1.165, 1.54) is 0 Å². The number of rotatable bonds is 8. The van der Waals surface area contributed by atoms with Crippen molar-refractivity contribution in [2.24, 2.45) is 0 Å². The lowest BCUT2D eigenvalue weighted by Gasteiger charge is -2.15. The lowest BCUT2D eigenvalue weighted by Crippen LogP contribution is -2.30. The highest BCUT2D eigenvalue weighted by Gasteiger charge is 2.18. The first kappa shape index (κ1) is 17.2. The number of nitrogens with zero attached hydrogens (tertiary/aromatic N) is 3. The predicted octanol–water partition coefficient (Wildman–Crippen LogP) is 1.93. The summed E-state index contributed by atoms with van der Waals surface area (Å²) in [5.41, 5.74) is 2.05. The zero-order chi connectivity index (χ0) is 17.5. The number of hydrogen-bond donors (Lipinski definition) is 1. The molecule has 6 heteroatoms. The number of hydrogen-bond acceptors (Lipinski definition) is 3. The third kappa shape index (κ3) is 4.92. The molecule has 1 aromatic carbocycles. The fraction of sp³-hybridized carbons (Fsp3) is 0.421. The van der Waals surface area contributed by atoms with Gasteiger partial charge in [-0.05, 0) is 37.0 Å². The average Bonchev–Trinajstić information content (AvgIpc) is 3.27. The zero-order valence-corrected chi connectivity index (χ0v) is 14.4. The molecule has 1 aliphatic rings. The number of amides is 2. The average molecular weight is 340 g/mol. The van der Waals surface area contributed by atoms with E-state index in [-0.39, 0.29) is 11.8 Å². The lowest BCUT2D eigenvalue weighted by atomic mass is 10.2. The van der Waals surface area contributed by atoms with Crippen LogP contribution in [0.1, 0.15) is 31.2 Å². The first-order chi connectivity index (χ1) is 12.2. The third-order valence-corrected chi connectivity index (χ3v) is 4.40. The second kappa shape index (κ2) is 8.46. The molecule has 3 rings (SSSR count). The number of nitrogens with one attached hydrogen (secondary N) is 1. The standard InChI is InChI=1S/C19H24N4O2/c24-18(20-11-5-13-22-12-4-8-19(22)25)10-9-16-14-21-23(15-16)17-6-2-1-3-7-17/h1-3,6-7,14-15H,4-5,8-13H2,(H,20,24). The van der Waals surface area contributed by atoms with Crippen molar-refractivity contribution in [3.63, 3.8) is 0 Å². The summed E-state index contributed by atoms with van der Waals surface area (Å²) in [4.78, 5) is 25.3. The van der Waals surface area contributed by atoms with Gasteiger partial charge in [0.25, 0.3) is 0 Å². The molecule has 6 nitrogen and oxygen atoms in total. The molecule has 25 heavy (non-hydrogen) atoms. The molecule has 2 heterocycles. The maximum absolute atomic E-state index is 11.9. The van der Waals surface area contributed by atoms with Crippen LogP contribution in [0.3, 0.4) is 0 Å². The Hall–Kier alpha value is -2.63. The molecular weight excluding hydrogens is 316 g/mol. The SMILES string of the molecule is O=C(CCc1cnn(-c2ccccc2)c1)NCCCN1CCCC1=O. The molecule has 0 aliphatic carbocycles. The number of carbonyl (C=O) groups is 2. The Morgan fingerprint density at radius 2 is 2.08 bits per heavy atom. The van der Waals surface area contributed by atoms with E-state index in [9.17, 15) is 9.59 Å². The van der Waals surface area contributed by atoms with E-state index in [1.807, 2.05) is 46.1 Å². The number of benzene rings is 1. The fourth-order valence-corrected chi connectivity index (χ4v) is 3.00. The lowest BCUT2D eigenvalue weighted by molar-refractivity contribution is -0.127. The molecule has 1 aromatic heterocycles. The fourth-order valence-electron chi connectivity index (χ4n) is 3.00. The van der Waals surface area contributed by atoms with Crippen molar-refractivity contribution in [3.05, 3.63) is 48.3 Å². The minimum Gasteiger partial charge on any atom is -0.356 e. The van der Waals surface area contributed by atoms with E-state index in [4.69, 9.17) is 0 Å². The Morgan fingerprint density at radius 1 is 1.24 bits per heavy atom. The maximum Gasteiger partial charge on any atom is 0.222 e. The Bertz CT molecular complexity index is 711. The largest absolute Gasteiger partial charge is 0.356 e. The van der Waals surface area contributed by atoms with Gasteiger partial charge in [-0.25, -0.2) is 4.68 Å². The van der Waals surface area contributed by atoms with Crippen molar-refractivity contribution in [2.45, 2.75) is 32.1 Å². The second-order valence-corrected chi connectivity index (χ2v) is 6.32. The van der Waals surface area contributed by atoms with Crippen molar-refractivity contribution >= 4 is 11.8 Å². The van der Waals surface area contributed by atoms with Crippen LogP contribution in [0.5, 0.6) is 0 Å². The number of likely N-dealkylation sites (tertiary alicyclic amines) is 1. The van der Waals surface area contributed by atoms with Gasteiger partial charge in [0.05, 0.1) is 11.9 Å². The van der Waals surface area contributed by atoms with E-state index in [1.54, 1.807) is 6.20 Å². The van der Waals surface area contributed by atoms with E-state index in [2.05, 4.69) is 10.4 Å². The highest BCUT2D eigenvalue weighted by atomic mass is 16.2. The minimum absolute atomic E-state index is 0.0419. The van der Waals surface area contributed by atoms with Crippen molar-refractivity contribution in [1.82, 2.24) is 20.0 Å². The molecule has 1 N–H and O–H groups in total. The maximum atomic E-state index is 11.9. The smallest absolute Gasteiger partial charge is 0.222 e. The number of aryl methyl sites for hydroxylation is 1. The van der Waals surface area contributed by atoms with Gasteiger partial charge in [0.1, 0.15) is 0 Å².